The van der Waals surface area contributed by atoms with Gasteiger partial charge in [-0.05, 0) is 26.4 Å². The van der Waals surface area contributed by atoms with E-state index in [4.69, 9.17) is 0 Å². The zero-order valence-corrected chi connectivity index (χ0v) is 9.19. The summed E-state index contributed by atoms with van der Waals surface area (Å²) in [6.07, 6.45) is 7.89. The van der Waals surface area contributed by atoms with Crippen molar-refractivity contribution in [2.45, 2.75) is 25.4 Å². The summed E-state index contributed by atoms with van der Waals surface area (Å²) < 4.78 is 0. The molecule has 1 aliphatic rings. The highest BCUT2D eigenvalue weighted by Crippen LogP contribution is 2.13. The Morgan fingerprint density at radius 2 is 2.47 bits per heavy atom. The van der Waals surface area contributed by atoms with Crippen LogP contribution in [0.4, 0.5) is 0 Å². The third-order valence-corrected chi connectivity index (χ3v) is 2.97. The third kappa shape index (κ3) is 2.97. The van der Waals surface area contributed by atoms with Gasteiger partial charge in [0.15, 0.2) is 0 Å². The van der Waals surface area contributed by atoms with E-state index in [0.29, 0.717) is 6.04 Å². The Labute approximate surface area is 90.7 Å². The number of rotatable bonds is 4. The van der Waals surface area contributed by atoms with E-state index in [-0.39, 0.29) is 0 Å². The number of hydrogen-bond acceptors (Lipinski definition) is 4. The van der Waals surface area contributed by atoms with Crippen molar-refractivity contribution >= 4 is 0 Å². The summed E-state index contributed by atoms with van der Waals surface area (Å²) in [7, 11) is 2.20. The lowest BCUT2D eigenvalue weighted by molar-refractivity contribution is 0.300. The van der Waals surface area contributed by atoms with E-state index in [9.17, 15) is 0 Å². The van der Waals surface area contributed by atoms with Gasteiger partial charge in [-0.2, -0.15) is 0 Å². The molecular formula is C11H18N4. The average molecular weight is 206 g/mol. The number of nitrogens with one attached hydrogen (secondary N) is 1. The number of likely N-dealkylation sites (N-methyl/N-ethyl adjacent to an activating group) is 1. The van der Waals surface area contributed by atoms with Gasteiger partial charge >= 0.3 is 0 Å². The van der Waals surface area contributed by atoms with Crippen molar-refractivity contribution in [1.29, 1.82) is 0 Å². The maximum Gasteiger partial charge on any atom is 0.0724 e. The molecule has 1 aromatic heterocycles. The van der Waals surface area contributed by atoms with Crippen LogP contribution in [0.1, 0.15) is 18.5 Å². The molecule has 1 saturated heterocycles. The normalized spacial score (nSPS) is 22.1. The number of likely N-dealkylation sites (tertiary alicyclic amines) is 1. The second kappa shape index (κ2) is 5.19. The molecule has 0 spiro atoms. The van der Waals surface area contributed by atoms with Crippen molar-refractivity contribution in [3.63, 3.8) is 0 Å². The van der Waals surface area contributed by atoms with E-state index < -0.39 is 0 Å². The van der Waals surface area contributed by atoms with Gasteiger partial charge in [-0.15, -0.1) is 0 Å². The Hall–Kier alpha value is -1.00. The fourth-order valence-corrected chi connectivity index (χ4v) is 2.03. The van der Waals surface area contributed by atoms with Crippen LogP contribution < -0.4 is 5.32 Å². The summed E-state index contributed by atoms with van der Waals surface area (Å²) in [6.45, 7) is 3.10. The van der Waals surface area contributed by atoms with Crippen LogP contribution in [-0.4, -0.2) is 41.0 Å². The topological polar surface area (TPSA) is 41.0 Å². The van der Waals surface area contributed by atoms with E-state index in [2.05, 4.69) is 27.2 Å². The van der Waals surface area contributed by atoms with Crippen molar-refractivity contribution < 1.29 is 0 Å². The Kier molecular flexibility index (Phi) is 3.64. The summed E-state index contributed by atoms with van der Waals surface area (Å²) in [5, 5.41) is 3.43. The highest BCUT2D eigenvalue weighted by molar-refractivity contribution is 4.94. The summed E-state index contributed by atoms with van der Waals surface area (Å²) in [5.74, 6) is 0. The lowest BCUT2D eigenvalue weighted by Gasteiger charge is -2.19. The minimum Gasteiger partial charge on any atom is -0.310 e. The first-order chi connectivity index (χ1) is 7.36. The highest BCUT2D eigenvalue weighted by atomic mass is 15.2. The molecule has 2 heterocycles. The molecule has 0 aromatic carbocycles. The van der Waals surface area contributed by atoms with Crippen LogP contribution in [0.5, 0.6) is 0 Å². The first-order valence-corrected chi connectivity index (χ1v) is 5.52. The van der Waals surface area contributed by atoms with Gasteiger partial charge in [0.2, 0.25) is 0 Å². The summed E-state index contributed by atoms with van der Waals surface area (Å²) >= 11 is 0. The van der Waals surface area contributed by atoms with Crippen LogP contribution in [0, 0.1) is 0 Å². The van der Waals surface area contributed by atoms with Gasteiger partial charge in [0.25, 0.3) is 0 Å². The molecule has 1 fully saturated rings. The van der Waals surface area contributed by atoms with E-state index in [1.807, 2.05) is 6.20 Å². The molecule has 1 unspecified atom stereocenters. The Balaban J connectivity index is 1.71. The summed E-state index contributed by atoms with van der Waals surface area (Å²) in [5.41, 5.74) is 1.01. The second-order valence-corrected chi connectivity index (χ2v) is 4.10. The Morgan fingerprint density at radius 1 is 1.53 bits per heavy atom. The van der Waals surface area contributed by atoms with Crippen LogP contribution in [0.3, 0.4) is 0 Å². The molecule has 0 radical (unpaired) electrons. The zero-order chi connectivity index (χ0) is 10.5. The molecule has 4 nitrogen and oxygen atoms in total. The van der Waals surface area contributed by atoms with Crippen LogP contribution in [0.2, 0.25) is 0 Å². The van der Waals surface area contributed by atoms with Gasteiger partial charge in [-0.3, -0.25) is 9.97 Å². The van der Waals surface area contributed by atoms with Crippen LogP contribution in [0.25, 0.3) is 0 Å². The minimum absolute atomic E-state index is 0.696. The Morgan fingerprint density at radius 3 is 3.13 bits per heavy atom. The van der Waals surface area contributed by atoms with Crippen molar-refractivity contribution in [2.75, 3.05) is 20.1 Å². The summed E-state index contributed by atoms with van der Waals surface area (Å²) in [4.78, 5) is 10.7. The molecule has 0 aliphatic carbocycles. The number of nitrogens with zero attached hydrogens (tertiary/aromatic N) is 3. The molecule has 2 rings (SSSR count). The fraction of sp³-hybridized carbons (Fsp3) is 0.636. The van der Waals surface area contributed by atoms with Gasteiger partial charge in [0, 0.05) is 37.7 Å². The summed E-state index contributed by atoms with van der Waals surface area (Å²) in [6, 6.07) is 0.696. The third-order valence-electron chi connectivity index (χ3n) is 2.97. The van der Waals surface area contributed by atoms with Crippen LogP contribution in [0.15, 0.2) is 18.6 Å². The van der Waals surface area contributed by atoms with E-state index in [1.165, 1.54) is 19.4 Å². The molecule has 15 heavy (non-hydrogen) atoms. The van der Waals surface area contributed by atoms with Gasteiger partial charge in [0.1, 0.15) is 0 Å². The smallest absolute Gasteiger partial charge is 0.0724 e. The van der Waals surface area contributed by atoms with Crippen LogP contribution in [-0.2, 0) is 6.54 Å². The van der Waals surface area contributed by atoms with E-state index in [1.54, 1.807) is 12.4 Å². The lowest BCUT2D eigenvalue weighted by Crippen LogP contribution is -2.35. The largest absolute Gasteiger partial charge is 0.310 e. The number of hydrogen-bond donors (Lipinski definition) is 1. The molecule has 1 N–H and O–H groups in total. The van der Waals surface area contributed by atoms with Gasteiger partial charge < -0.3 is 10.2 Å². The van der Waals surface area contributed by atoms with Gasteiger partial charge in [-0.25, -0.2) is 0 Å². The fourth-order valence-electron chi connectivity index (χ4n) is 2.03. The second-order valence-electron chi connectivity index (χ2n) is 4.10. The predicted octanol–water partition coefficient (Wildman–Crippen LogP) is 0.660. The molecule has 0 amide bonds. The quantitative estimate of drug-likeness (QED) is 0.786. The molecule has 1 aliphatic heterocycles. The molecule has 0 bridgehead atoms. The molecule has 1 aromatic rings. The minimum atomic E-state index is 0.696. The van der Waals surface area contributed by atoms with Crippen molar-refractivity contribution in [1.82, 2.24) is 20.2 Å². The molecule has 4 heteroatoms. The maximum atomic E-state index is 4.22. The highest BCUT2D eigenvalue weighted by Gasteiger charge is 2.19. The molecular weight excluding hydrogens is 188 g/mol. The molecule has 1 atom stereocenters. The first kappa shape index (κ1) is 10.5. The van der Waals surface area contributed by atoms with Crippen molar-refractivity contribution in [3.8, 4) is 0 Å². The SMILES string of the molecule is CN1CCCC1CNCc1cnccn1. The Bertz CT molecular complexity index is 288. The first-order valence-electron chi connectivity index (χ1n) is 5.52. The maximum absolute atomic E-state index is 4.22. The zero-order valence-electron chi connectivity index (χ0n) is 9.19. The van der Waals surface area contributed by atoms with Crippen molar-refractivity contribution in [3.05, 3.63) is 24.3 Å². The average Bonchev–Trinajstić information content (AvgIpc) is 2.66. The van der Waals surface area contributed by atoms with Crippen LogP contribution >= 0.6 is 0 Å². The lowest BCUT2D eigenvalue weighted by atomic mass is 10.2. The number of aromatic nitrogens is 2. The van der Waals surface area contributed by atoms with E-state index in [0.717, 1.165) is 18.8 Å². The van der Waals surface area contributed by atoms with Gasteiger partial charge in [-0.1, -0.05) is 0 Å². The predicted molar refractivity (Wildman–Crippen MR) is 59.4 cm³/mol. The van der Waals surface area contributed by atoms with E-state index >= 15 is 0 Å². The van der Waals surface area contributed by atoms with Gasteiger partial charge in [0.05, 0.1) is 5.69 Å². The van der Waals surface area contributed by atoms with Crippen molar-refractivity contribution in [2.24, 2.45) is 0 Å². The monoisotopic (exact) mass is 206 g/mol. The standard InChI is InChI=1S/C11H18N4/c1-15-6-2-3-11(15)9-13-8-10-7-12-4-5-14-10/h4-5,7,11,13H,2-3,6,8-9H2,1H3. The molecule has 82 valence electrons. The molecule has 0 saturated carbocycles.